The minimum atomic E-state index is 0.289. The lowest BCUT2D eigenvalue weighted by Crippen LogP contribution is -2.49. The number of nitrogens with one attached hydrogen (secondary N) is 2. The molecule has 14 heavy (non-hydrogen) atoms. The van der Waals surface area contributed by atoms with Crippen molar-refractivity contribution >= 4 is 5.91 Å². The lowest BCUT2D eigenvalue weighted by atomic mass is 9.75. The molecule has 80 valence electrons. The predicted octanol–water partition coefficient (Wildman–Crippen LogP) is 0.901. The quantitative estimate of drug-likeness (QED) is 0.689. The molecule has 1 heterocycles. The van der Waals surface area contributed by atoms with Crippen LogP contribution in [0.1, 0.15) is 32.6 Å². The zero-order valence-electron chi connectivity index (χ0n) is 8.88. The Labute approximate surface area is 85.6 Å². The van der Waals surface area contributed by atoms with Crippen LogP contribution in [0.2, 0.25) is 0 Å². The smallest absolute Gasteiger partial charge is 0.223 e. The summed E-state index contributed by atoms with van der Waals surface area (Å²) in [6, 6.07) is 0.382. The summed E-state index contributed by atoms with van der Waals surface area (Å²) in [5.41, 5.74) is 0. The first-order valence-corrected chi connectivity index (χ1v) is 5.77. The maximum Gasteiger partial charge on any atom is 0.223 e. The summed E-state index contributed by atoms with van der Waals surface area (Å²) in [6.07, 6.45) is 4.50. The lowest BCUT2D eigenvalue weighted by molar-refractivity contribution is -0.129. The van der Waals surface area contributed by atoms with Gasteiger partial charge >= 0.3 is 0 Å². The van der Waals surface area contributed by atoms with Crippen LogP contribution in [0, 0.1) is 11.8 Å². The van der Waals surface area contributed by atoms with Gasteiger partial charge in [0.15, 0.2) is 0 Å². The molecule has 0 radical (unpaired) electrons. The molecule has 1 saturated carbocycles. The summed E-state index contributed by atoms with van der Waals surface area (Å²) in [5, 5.41) is 6.45. The molecule has 0 aromatic rings. The van der Waals surface area contributed by atoms with Crippen LogP contribution in [0.5, 0.6) is 0 Å². The lowest BCUT2D eigenvalue weighted by Gasteiger charge is -2.33. The molecule has 3 nitrogen and oxygen atoms in total. The van der Waals surface area contributed by atoms with E-state index in [9.17, 15) is 4.79 Å². The van der Waals surface area contributed by atoms with Crippen molar-refractivity contribution in [3.63, 3.8) is 0 Å². The third-order valence-electron chi connectivity index (χ3n) is 3.39. The van der Waals surface area contributed by atoms with Gasteiger partial charge < -0.3 is 10.6 Å². The van der Waals surface area contributed by atoms with Crippen LogP contribution in [-0.4, -0.2) is 25.0 Å². The molecule has 1 amide bonds. The van der Waals surface area contributed by atoms with E-state index >= 15 is 0 Å². The zero-order valence-corrected chi connectivity index (χ0v) is 8.88. The fourth-order valence-electron chi connectivity index (χ4n) is 2.41. The molecule has 2 rings (SSSR count). The number of rotatable bonds is 2. The van der Waals surface area contributed by atoms with Crippen molar-refractivity contribution in [2.24, 2.45) is 11.8 Å². The normalized spacial score (nSPS) is 37.4. The monoisotopic (exact) mass is 196 g/mol. The number of carbonyl (C=O) groups excluding carboxylic acids is 1. The fourth-order valence-corrected chi connectivity index (χ4v) is 2.41. The number of piperidine rings is 1. The highest BCUT2D eigenvalue weighted by Gasteiger charge is 2.32. The molecule has 2 aliphatic rings. The Kier molecular flexibility index (Phi) is 3.06. The molecule has 0 aromatic heterocycles. The Balaban J connectivity index is 1.71. The van der Waals surface area contributed by atoms with E-state index in [0.29, 0.717) is 12.0 Å². The molecule has 0 bridgehead atoms. The maximum atomic E-state index is 11.7. The van der Waals surface area contributed by atoms with E-state index in [0.717, 1.165) is 38.3 Å². The average Bonchev–Trinajstić information content (AvgIpc) is 2.14. The van der Waals surface area contributed by atoms with Crippen LogP contribution in [0.25, 0.3) is 0 Å². The second-order valence-electron chi connectivity index (χ2n) is 4.83. The Morgan fingerprint density at radius 2 is 2.21 bits per heavy atom. The molecule has 0 spiro atoms. The van der Waals surface area contributed by atoms with E-state index < -0.39 is 0 Å². The van der Waals surface area contributed by atoms with Crippen LogP contribution in [0.3, 0.4) is 0 Å². The summed E-state index contributed by atoms with van der Waals surface area (Å²) in [6.45, 7) is 4.27. The van der Waals surface area contributed by atoms with Crippen LogP contribution in [0.4, 0.5) is 0 Å². The number of hydrogen-bond acceptors (Lipinski definition) is 2. The standard InChI is InChI=1S/C11H20N2O/c1-8-5-9(6-8)11(14)13-10-3-2-4-12-7-10/h8-10,12H,2-7H2,1H3,(H,13,14). The second kappa shape index (κ2) is 4.30. The average molecular weight is 196 g/mol. The van der Waals surface area contributed by atoms with Crippen molar-refractivity contribution in [1.82, 2.24) is 10.6 Å². The first-order chi connectivity index (χ1) is 6.75. The highest BCUT2D eigenvalue weighted by Crippen LogP contribution is 2.33. The van der Waals surface area contributed by atoms with Gasteiger partial charge in [0.2, 0.25) is 5.91 Å². The Bertz CT molecular complexity index is 205. The summed E-state index contributed by atoms with van der Waals surface area (Å²) >= 11 is 0. The minimum absolute atomic E-state index is 0.289. The van der Waals surface area contributed by atoms with E-state index in [1.165, 1.54) is 6.42 Å². The Hall–Kier alpha value is -0.570. The van der Waals surface area contributed by atoms with Crippen molar-refractivity contribution < 1.29 is 4.79 Å². The second-order valence-corrected chi connectivity index (χ2v) is 4.83. The van der Waals surface area contributed by atoms with E-state index in [1.54, 1.807) is 0 Å². The van der Waals surface area contributed by atoms with Gasteiger partial charge in [0.25, 0.3) is 0 Å². The predicted molar refractivity (Wildman–Crippen MR) is 55.9 cm³/mol. The van der Waals surface area contributed by atoms with Gasteiger partial charge in [-0.2, -0.15) is 0 Å². The highest BCUT2D eigenvalue weighted by molar-refractivity contribution is 5.79. The van der Waals surface area contributed by atoms with Crippen LogP contribution >= 0.6 is 0 Å². The van der Waals surface area contributed by atoms with Crippen LogP contribution in [-0.2, 0) is 4.79 Å². The summed E-state index contributed by atoms with van der Waals surface area (Å²) in [4.78, 5) is 11.7. The maximum absolute atomic E-state index is 11.7. The molecular formula is C11H20N2O. The molecule has 1 saturated heterocycles. The van der Waals surface area contributed by atoms with Gasteiger partial charge in [-0.1, -0.05) is 6.92 Å². The molecule has 1 atom stereocenters. The number of carbonyl (C=O) groups is 1. The largest absolute Gasteiger partial charge is 0.352 e. The summed E-state index contributed by atoms with van der Waals surface area (Å²) in [5.74, 6) is 1.36. The van der Waals surface area contributed by atoms with Gasteiger partial charge in [-0.15, -0.1) is 0 Å². The van der Waals surface area contributed by atoms with Crippen molar-refractivity contribution in [1.29, 1.82) is 0 Å². The molecule has 0 aromatic carbocycles. The SMILES string of the molecule is CC1CC(C(=O)NC2CCCNC2)C1. The summed E-state index contributed by atoms with van der Waals surface area (Å²) in [7, 11) is 0. The van der Waals surface area contributed by atoms with Gasteiger partial charge in [0.1, 0.15) is 0 Å². The summed E-state index contributed by atoms with van der Waals surface area (Å²) < 4.78 is 0. The van der Waals surface area contributed by atoms with Crippen molar-refractivity contribution in [3.05, 3.63) is 0 Å². The zero-order chi connectivity index (χ0) is 9.97. The molecule has 2 N–H and O–H groups in total. The first-order valence-electron chi connectivity index (χ1n) is 5.77. The third-order valence-corrected chi connectivity index (χ3v) is 3.39. The van der Waals surface area contributed by atoms with Gasteiger partial charge in [-0.3, -0.25) is 4.79 Å². The Morgan fingerprint density at radius 1 is 1.43 bits per heavy atom. The van der Waals surface area contributed by atoms with Crippen LogP contribution < -0.4 is 10.6 Å². The molecule has 1 aliphatic carbocycles. The van der Waals surface area contributed by atoms with E-state index in [-0.39, 0.29) is 5.91 Å². The van der Waals surface area contributed by atoms with Crippen molar-refractivity contribution in [3.8, 4) is 0 Å². The van der Waals surface area contributed by atoms with E-state index in [1.807, 2.05) is 0 Å². The fraction of sp³-hybridized carbons (Fsp3) is 0.909. The number of amides is 1. The highest BCUT2D eigenvalue weighted by atomic mass is 16.2. The first kappa shape index (κ1) is 9.97. The molecule has 3 heteroatoms. The molecular weight excluding hydrogens is 176 g/mol. The third kappa shape index (κ3) is 2.27. The molecule has 1 aliphatic heterocycles. The topological polar surface area (TPSA) is 41.1 Å². The van der Waals surface area contributed by atoms with Gasteiger partial charge in [-0.05, 0) is 38.1 Å². The number of hydrogen-bond donors (Lipinski definition) is 2. The van der Waals surface area contributed by atoms with Gasteiger partial charge in [-0.25, -0.2) is 0 Å². The van der Waals surface area contributed by atoms with Crippen molar-refractivity contribution in [2.75, 3.05) is 13.1 Å². The van der Waals surface area contributed by atoms with Gasteiger partial charge in [0, 0.05) is 18.5 Å². The van der Waals surface area contributed by atoms with Crippen molar-refractivity contribution in [2.45, 2.75) is 38.6 Å². The van der Waals surface area contributed by atoms with Crippen LogP contribution in [0.15, 0.2) is 0 Å². The molecule has 1 unspecified atom stereocenters. The van der Waals surface area contributed by atoms with E-state index in [4.69, 9.17) is 0 Å². The van der Waals surface area contributed by atoms with Gasteiger partial charge in [0.05, 0.1) is 0 Å². The molecule has 2 fully saturated rings. The minimum Gasteiger partial charge on any atom is -0.352 e. The Morgan fingerprint density at radius 3 is 2.79 bits per heavy atom. The van der Waals surface area contributed by atoms with E-state index in [2.05, 4.69) is 17.6 Å².